The molecule has 0 spiro atoms. The highest BCUT2D eigenvalue weighted by molar-refractivity contribution is 5.61. The number of methoxy groups -OCH3 is 4. The van der Waals surface area contributed by atoms with E-state index < -0.39 is 0 Å². The van der Waals surface area contributed by atoms with Crippen molar-refractivity contribution >= 4 is 0 Å². The molecule has 0 aromatic heterocycles. The van der Waals surface area contributed by atoms with Gasteiger partial charge >= 0.3 is 0 Å². The number of ether oxygens (including phenoxy) is 4. The zero-order valence-corrected chi connectivity index (χ0v) is 10.7. The van der Waals surface area contributed by atoms with Gasteiger partial charge in [0.15, 0.2) is 11.5 Å². The molecular formula is C12H19NO4. The van der Waals surface area contributed by atoms with Crippen LogP contribution >= 0.6 is 0 Å². The van der Waals surface area contributed by atoms with Crippen molar-refractivity contribution in [2.45, 2.75) is 6.42 Å². The Morgan fingerprint density at radius 2 is 1.47 bits per heavy atom. The Morgan fingerprint density at radius 3 is 1.88 bits per heavy atom. The molecule has 0 heterocycles. The third kappa shape index (κ3) is 2.55. The minimum absolute atomic E-state index is 0.502. The quantitative estimate of drug-likeness (QED) is 0.811. The van der Waals surface area contributed by atoms with Crippen LogP contribution in [0.5, 0.6) is 23.0 Å². The van der Waals surface area contributed by atoms with Gasteiger partial charge in [0.2, 0.25) is 5.75 Å². The first-order chi connectivity index (χ1) is 8.23. The first-order valence-electron chi connectivity index (χ1n) is 5.29. The molecular weight excluding hydrogens is 222 g/mol. The minimum Gasteiger partial charge on any atom is -0.496 e. The molecule has 0 atom stereocenters. The molecule has 0 saturated carbocycles. The zero-order chi connectivity index (χ0) is 12.8. The van der Waals surface area contributed by atoms with Gasteiger partial charge in [-0.3, -0.25) is 0 Å². The van der Waals surface area contributed by atoms with E-state index in [0.717, 1.165) is 5.56 Å². The second kappa shape index (κ2) is 6.20. The molecule has 0 aliphatic carbocycles. The van der Waals surface area contributed by atoms with Crippen molar-refractivity contribution in [3.05, 3.63) is 11.6 Å². The summed E-state index contributed by atoms with van der Waals surface area (Å²) >= 11 is 0. The Bertz CT molecular complexity index is 379. The van der Waals surface area contributed by atoms with Crippen molar-refractivity contribution < 1.29 is 18.9 Å². The fraction of sp³-hybridized carbons (Fsp3) is 0.500. The van der Waals surface area contributed by atoms with Crippen LogP contribution in [0.25, 0.3) is 0 Å². The maximum absolute atomic E-state index is 5.59. The van der Waals surface area contributed by atoms with Gasteiger partial charge in [0.1, 0.15) is 5.75 Å². The standard InChI is InChI=1S/C12H19NO4/c1-14-9-7-10(15-2)12(17-4)11(16-3)8(9)5-6-13/h7H,5-6,13H2,1-4H3. The molecule has 96 valence electrons. The second-order valence-corrected chi connectivity index (χ2v) is 3.36. The topological polar surface area (TPSA) is 62.9 Å². The smallest absolute Gasteiger partial charge is 0.203 e. The third-order valence-electron chi connectivity index (χ3n) is 2.51. The molecule has 2 N–H and O–H groups in total. The van der Waals surface area contributed by atoms with Gasteiger partial charge in [0, 0.05) is 11.6 Å². The summed E-state index contributed by atoms with van der Waals surface area (Å²) in [6.07, 6.45) is 0.646. The Labute approximate surface area is 101 Å². The van der Waals surface area contributed by atoms with Crippen molar-refractivity contribution in [3.63, 3.8) is 0 Å². The maximum Gasteiger partial charge on any atom is 0.203 e. The van der Waals surface area contributed by atoms with E-state index in [1.807, 2.05) is 0 Å². The first kappa shape index (κ1) is 13.4. The summed E-state index contributed by atoms with van der Waals surface area (Å²) in [7, 11) is 6.32. The van der Waals surface area contributed by atoms with Crippen molar-refractivity contribution in [3.8, 4) is 23.0 Å². The average molecular weight is 241 g/mol. The highest BCUT2D eigenvalue weighted by Crippen LogP contribution is 2.45. The van der Waals surface area contributed by atoms with Crippen molar-refractivity contribution in [2.75, 3.05) is 35.0 Å². The van der Waals surface area contributed by atoms with Crippen LogP contribution in [0.4, 0.5) is 0 Å². The normalized spacial score (nSPS) is 9.94. The summed E-state index contributed by atoms with van der Waals surface area (Å²) in [6.45, 7) is 0.502. The fourth-order valence-electron chi connectivity index (χ4n) is 1.76. The van der Waals surface area contributed by atoms with Crippen molar-refractivity contribution in [1.29, 1.82) is 0 Å². The second-order valence-electron chi connectivity index (χ2n) is 3.36. The predicted molar refractivity (Wildman–Crippen MR) is 65.4 cm³/mol. The van der Waals surface area contributed by atoms with E-state index in [-0.39, 0.29) is 0 Å². The van der Waals surface area contributed by atoms with Gasteiger partial charge in [0.25, 0.3) is 0 Å². The lowest BCUT2D eigenvalue weighted by Crippen LogP contribution is -2.07. The van der Waals surface area contributed by atoms with Gasteiger partial charge in [-0.15, -0.1) is 0 Å². The lowest BCUT2D eigenvalue weighted by Gasteiger charge is -2.18. The molecule has 0 radical (unpaired) electrons. The van der Waals surface area contributed by atoms with Gasteiger partial charge in [-0.1, -0.05) is 0 Å². The number of rotatable bonds is 6. The highest BCUT2D eigenvalue weighted by Gasteiger charge is 2.20. The first-order valence-corrected chi connectivity index (χ1v) is 5.29. The Hall–Kier alpha value is -1.62. The van der Waals surface area contributed by atoms with Gasteiger partial charge in [-0.05, 0) is 13.0 Å². The van der Waals surface area contributed by atoms with Gasteiger partial charge in [-0.25, -0.2) is 0 Å². The van der Waals surface area contributed by atoms with Crippen LogP contribution in [0.3, 0.4) is 0 Å². The van der Waals surface area contributed by atoms with Gasteiger partial charge in [-0.2, -0.15) is 0 Å². The average Bonchev–Trinajstić information content (AvgIpc) is 2.37. The van der Waals surface area contributed by atoms with Gasteiger partial charge in [0.05, 0.1) is 28.4 Å². The molecule has 0 aliphatic heterocycles. The predicted octanol–water partition coefficient (Wildman–Crippen LogP) is 1.22. The molecule has 0 fully saturated rings. The monoisotopic (exact) mass is 241 g/mol. The fourth-order valence-corrected chi connectivity index (χ4v) is 1.76. The Morgan fingerprint density at radius 1 is 0.882 bits per heavy atom. The van der Waals surface area contributed by atoms with Crippen LogP contribution in [-0.2, 0) is 6.42 Å². The molecule has 1 aromatic carbocycles. The molecule has 0 aliphatic rings. The van der Waals surface area contributed by atoms with Crippen LogP contribution in [-0.4, -0.2) is 35.0 Å². The third-order valence-corrected chi connectivity index (χ3v) is 2.51. The molecule has 0 bridgehead atoms. The SMILES string of the molecule is COc1cc(OC)c(OC)c(OC)c1CCN. The van der Waals surface area contributed by atoms with Crippen LogP contribution in [0, 0.1) is 0 Å². The van der Waals surface area contributed by atoms with E-state index in [0.29, 0.717) is 36.0 Å². The molecule has 0 amide bonds. The Balaban J connectivity index is 3.44. The molecule has 1 aromatic rings. The van der Waals surface area contributed by atoms with Crippen LogP contribution in [0.1, 0.15) is 5.56 Å². The summed E-state index contributed by atoms with van der Waals surface area (Å²) < 4.78 is 21.2. The largest absolute Gasteiger partial charge is 0.496 e. The molecule has 1 rings (SSSR count). The van der Waals surface area contributed by atoms with Gasteiger partial charge < -0.3 is 24.7 Å². The van der Waals surface area contributed by atoms with Crippen molar-refractivity contribution in [1.82, 2.24) is 0 Å². The highest BCUT2D eigenvalue weighted by atomic mass is 16.5. The molecule has 17 heavy (non-hydrogen) atoms. The summed E-state index contributed by atoms with van der Waals surface area (Å²) in [5.41, 5.74) is 6.47. The van der Waals surface area contributed by atoms with E-state index in [1.165, 1.54) is 0 Å². The lowest BCUT2D eigenvalue weighted by atomic mass is 10.1. The Kier molecular flexibility index (Phi) is 4.90. The molecule has 0 saturated heterocycles. The summed E-state index contributed by atoms with van der Waals surface area (Å²) in [5, 5.41) is 0. The van der Waals surface area contributed by atoms with Crippen LogP contribution in [0.15, 0.2) is 6.07 Å². The lowest BCUT2D eigenvalue weighted by molar-refractivity contribution is 0.315. The van der Waals surface area contributed by atoms with Crippen LogP contribution in [0.2, 0.25) is 0 Å². The summed E-state index contributed by atoms with van der Waals surface area (Å²) in [5.74, 6) is 2.42. The van der Waals surface area contributed by atoms with Crippen molar-refractivity contribution in [2.24, 2.45) is 5.73 Å². The maximum atomic E-state index is 5.59. The number of hydrogen-bond donors (Lipinski definition) is 1. The number of nitrogens with two attached hydrogens (primary N) is 1. The molecule has 5 heteroatoms. The van der Waals surface area contributed by atoms with E-state index in [1.54, 1.807) is 34.5 Å². The van der Waals surface area contributed by atoms with Crippen LogP contribution < -0.4 is 24.7 Å². The van der Waals surface area contributed by atoms with E-state index in [4.69, 9.17) is 24.7 Å². The summed E-state index contributed by atoms with van der Waals surface area (Å²) in [4.78, 5) is 0. The van der Waals surface area contributed by atoms with E-state index in [9.17, 15) is 0 Å². The number of benzene rings is 1. The number of hydrogen-bond acceptors (Lipinski definition) is 5. The zero-order valence-electron chi connectivity index (χ0n) is 10.7. The van der Waals surface area contributed by atoms with E-state index in [2.05, 4.69) is 0 Å². The molecule has 5 nitrogen and oxygen atoms in total. The van der Waals surface area contributed by atoms with E-state index >= 15 is 0 Å². The minimum atomic E-state index is 0.502. The molecule has 0 unspecified atom stereocenters. The summed E-state index contributed by atoms with van der Waals surface area (Å²) in [6, 6.07) is 1.77.